The molecule has 2 N–H and O–H groups in total. The number of carboxylic acids is 1. The molecule has 1 fully saturated rings. The van der Waals surface area contributed by atoms with Crippen LogP contribution in [0.2, 0.25) is 0 Å². The summed E-state index contributed by atoms with van der Waals surface area (Å²) in [5.74, 6) is -2.66. The second-order valence-electron chi connectivity index (χ2n) is 5.80. The molecule has 21 heavy (non-hydrogen) atoms. The molecule has 0 aromatic carbocycles. The maximum Gasteiger partial charge on any atom is 0.393 e. The minimum atomic E-state index is -4.33. The molecule has 0 radical (unpaired) electrons. The predicted octanol–water partition coefficient (Wildman–Crippen LogP) is 2.47. The first kappa shape index (κ1) is 17.6. The molecule has 1 saturated heterocycles. The zero-order valence-corrected chi connectivity index (χ0v) is 12.1. The standard InChI is InChI=1S/C13H21F3N2O3/c1-8(2)6-10(11(19)20)17-12(21)18-5-3-4-9(7-18)13(14,15)16/h8-10H,3-7H2,1-2H3,(H,17,21)(H,19,20)/t9?,10-/m0/s1. The fourth-order valence-corrected chi connectivity index (χ4v) is 2.36. The van der Waals surface area contributed by atoms with E-state index in [9.17, 15) is 22.8 Å². The summed E-state index contributed by atoms with van der Waals surface area (Å²) in [6, 6.07) is -1.82. The summed E-state index contributed by atoms with van der Waals surface area (Å²) in [7, 11) is 0. The molecule has 0 saturated carbocycles. The number of hydrogen-bond acceptors (Lipinski definition) is 2. The van der Waals surface area contributed by atoms with Crippen molar-refractivity contribution in [3.63, 3.8) is 0 Å². The Morgan fingerprint density at radius 3 is 2.48 bits per heavy atom. The van der Waals surface area contributed by atoms with Crippen molar-refractivity contribution in [2.75, 3.05) is 13.1 Å². The molecular weight excluding hydrogens is 289 g/mol. The van der Waals surface area contributed by atoms with E-state index < -0.39 is 36.7 Å². The molecule has 2 amide bonds. The SMILES string of the molecule is CC(C)C[C@H](NC(=O)N1CCCC(C(F)(F)F)C1)C(=O)O. The van der Waals surface area contributed by atoms with Crippen LogP contribution in [0, 0.1) is 11.8 Å². The van der Waals surface area contributed by atoms with Crippen LogP contribution in [0.1, 0.15) is 33.1 Å². The number of alkyl halides is 3. The minimum absolute atomic E-state index is 0.00162. The van der Waals surface area contributed by atoms with Gasteiger partial charge < -0.3 is 15.3 Å². The molecule has 0 aromatic heterocycles. The molecule has 1 aliphatic heterocycles. The second kappa shape index (κ2) is 7.00. The molecular formula is C13H21F3N2O3. The van der Waals surface area contributed by atoms with Crippen LogP contribution in [-0.2, 0) is 4.79 Å². The Hall–Kier alpha value is -1.47. The Labute approximate surface area is 121 Å². The van der Waals surface area contributed by atoms with E-state index in [0.29, 0.717) is 0 Å². The second-order valence-corrected chi connectivity index (χ2v) is 5.80. The average molecular weight is 310 g/mol. The number of urea groups is 1. The number of carboxylic acid groups (broad SMARTS) is 1. The minimum Gasteiger partial charge on any atom is -0.480 e. The van der Waals surface area contributed by atoms with E-state index in [4.69, 9.17) is 5.11 Å². The fraction of sp³-hybridized carbons (Fsp3) is 0.846. The predicted molar refractivity (Wildman–Crippen MR) is 69.8 cm³/mol. The van der Waals surface area contributed by atoms with Crippen LogP contribution in [0.4, 0.5) is 18.0 Å². The average Bonchev–Trinajstić information content (AvgIpc) is 2.36. The molecule has 1 unspecified atom stereocenters. The summed E-state index contributed by atoms with van der Waals surface area (Å²) >= 11 is 0. The number of halogens is 3. The van der Waals surface area contributed by atoms with Gasteiger partial charge in [0.05, 0.1) is 5.92 Å². The van der Waals surface area contributed by atoms with Gasteiger partial charge in [-0.1, -0.05) is 13.8 Å². The Kier molecular flexibility index (Phi) is 5.86. The molecule has 1 heterocycles. The number of nitrogens with zero attached hydrogens (tertiary/aromatic N) is 1. The first-order chi connectivity index (χ1) is 9.61. The van der Waals surface area contributed by atoms with Crippen LogP contribution in [-0.4, -0.2) is 47.3 Å². The highest BCUT2D eigenvalue weighted by molar-refractivity contribution is 5.82. The number of aliphatic carboxylic acids is 1. The van der Waals surface area contributed by atoms with Crippen molar-refractivity contribution in [1.82, 2.24) is 10.2 Å². The first-order valence-corrected chi connectivity index (χ1v) is 6.96. The lowest BCUT2D eigenvalue weighted by atomic mass is 9.98. The van der Waals surface area contributed by atoms with Crippen LogP contribution in [0.5, 0.6) is 0 Å². The third-order valence-corrected chi connectivity index (χ3v) is 3.47. The summed E-state index contributed by atoms with van der Waals surface area (Å²) in [5.41, 5.74) is 0. The highest BCUT2D eigenvalue weighted by Crippen LogP contribution is 2.33. The van der Waals surface area contributed by atoms with Gasteiger partial charge in [0.1, 0.15) is 6.04 Å². The van der Waals surface area contributed by atoms with E-state index in [2.05, 4.69) is 5.32 Å². The van der Waals surface area contributed by atoms with Gasteiger partial charge in [-0.25, -0.2) is 9.59 Å². The van der Waals surface area contributed by atoms with Crippen LogP contribution in [0.3, 0.4) is 0 Å². The van der Waals surface area contributed by atoms with Gasteiger partial charge in [0, 0.05) is 13.1 Å². The topological polar surface area (TPSA) is 69.6 Å². The van der Waals surface area contributed by atoms with Crippen molar-refractivity contribution in [2.24, 2.45) is 11.8 Å². The van der Waals surface area contributed by atoms with Crippen molar-refractivity contribution in [2.45, 2.75) is 45.3 Å². The molecule has 1 aliphatic rings. The van der Waals surface area contributed by atoms with Crippen molar-refractivity contribution in [3.8, 4) is 0 Å². The molecule has 0 aromatic rings. The fourth-order valence-electron chi connectivity index (χ4n) is 2.36. The maximum atomic E-state index is 12.7. The monoisotopic (exact) mass is 310 g/mol. The maximum absolute atomic E-state index is 12.7. The lowest BCUT2D eigenvalue weighted by molar-refractivity contribution is -0.184. The number of nitrogens with one attached hydrogen (secondary N) is 1. The van der Waals surface area contributed by atoms with Gasteiger partial charge in [0.25, 0.3) is 0 Å². The zero-order valence-electron chi connectivity index (χ0n) is 12.1. The van der Waals surface area contributed by atoms with E-state index in [-0.39, 0.29) is 31.7 Å². The van der Waals surface area contributed by atoms with Crippen molar-refractivity contribution < 1.29 is 27.9 Å². The lowest BCUT2D eigenvalue weighted by Gasteiger charge is -2.34. The Morgan fingerprint density at radius 2 is 2.00 bits per heavy atom. The highest BCUT2D eigenvalue weighted by Gasteiger charge is 2.43. The van der Waals surface area contributed by atoms with Gasteiger partial charge in [-0.15, -0.1) is 0 Å². The van der Waals surface area contributed by atoms with E-state index in [0.717, 1.165) is 4.90 Å². The number of carbonyl (C=O) groups excluding carboxylic acids is 1. The molecule has 0 bridgehead atoms. The first-order valence-electron chi connectivity index (χ1n) is 6.96. The number of likely N-dealkylation sites (tertiary alicyclic amines) is 1. The van der Waals surface area contributed by atoms with Crippen LogP contribution in [0.25, 0.3) is 0 Å². The molecule has 2 atom stereocenters. The normalized spacial score (nSPS) is 21.2. The molecule has 1 rings (SSSR count). The Balaban J connectivity index is 2.63. The van der Waals surface area contributed by atoms with Gasteiger partial charge in [0.2, 0.25) is 0 Å². The number of carbonyl (C=O) groups is 2. The third kappa shape index (κ3) is 5.43. The van der Waals surface area contributed by atoms with E-state index in [1.807, 2.05) is 13.8 Å². The lowest BCUT2D eigenvalue weighted by Crippen LogP contribution is -2.52. The number of amides is 2. The van der Waals surface area contributed by atoms with E-state index >= 15 is 0 Å². The zero-order chi connectivity index (χ0) is 16.2. The molecule has 0 spiro atoms. The number of piperidine rings is 1. The highest BCUT2D eigenvalue weighted by atomic mass is 19.4. The molecule has 8 heteroatoms. The van der Waals surface area contributed by atoms with Crippen LogP contribution >= 0.6 is 0 Å². The summed E-state index contributed by atoms with van der Waals surface area (Å²) in [4.78, 5) is 24.1. The van der Waals surface area contributed by atoms with Gasteiger partial charge in [0.15, 0.2) is 0 Å². The van der Waals surface area contributed by atoms with Crippen LogP contribution in [0.15, 0.2) is 0 Å². The van der Waals surface area contributed by atoms with Gasteiger partial charge in [-0.3, -0.25) is 0 Å². The van der Waals surface area contributed by atoms with Gasteiger partial charge in [-0.05, 0) is 25.2 Å². The quantitative estimate of drug-likeness (QED) is 0.838. The van der Waals surface area contributed by atoms with Gasteiger partial charge >= 0.3 is 18.2 Å². The van der Waals surface area contributed by atoms with E-state index in [1.54, 1.807) is 0 Å². The number of rotatable bonds is 4. The Bertz CT molecular complexity index is 385. The largest absolute Gasteiger partial charge is 0.480 e. The van der Waals surface area contributed by atoms with Crippen molar-refractivity contribution >= 4 is 12.0 Å². The summed E-state index contributed by atoms with van der Waals surface area (Å²) in [5, 5.41) is 11.3. The Morgan fingerprint density at radius 1 is 1.38 bits per heavy atom. The third-order valence-electron chi connectivity index (χ3n) is 3.47. The smallest absolute Gasteiger partial charge is 0.393 e. The summed E-state index contributed by atoms with van der Waals surface area (Å²) in [6.07, 6.45) is -3.83. The molecule has 5 nitrogen and oxygen atoms in total. The summed E-state index contributed by atoms with van der Waals surface area (Å²) < 4.78 is 38.1. The van der Waals surface area contributed by atoms with Crippen molar-refractivity contribution in [3.05, 3.63) is 0 Å². The summed E-state index contributed by atoms with van der Waals surface area (Å²) in [6.45, 7) is 3.42. The molecule has 0 aliphatic carbocycles. The molecule has 122 valence electrons. The van der Waals surface area contributed by atoms with E-state index in [1.165, 1.54) is 0 Å². The van der Waals surface area contributed by atoms with Crippen molar-refractivity contribution in [1.29, 1.82) is 0 Å². The number of hydrogen-bond donors (Lipinski definition) is 2. The van der Waals surface area contributed by atoms with Gasteiger partial charge in [-0.2, -0.15) is 13.2 Å². The van der Waals surface area contributed by atoms with Crippen LogP contribution < -0.4 is 5.32 Å².